The standard InChI is InChI=1S/C24H25BrN4O4S/c1-28(2)23-14-9-18(15-22(23)25)16-26-27-24(30)17-29(19-7-5-4-6-8-19)34(31,32)21-12-10-20(33-3)11-13-21/h4-16H,17H2,1-3H3,(H,27,30)/b26-16-. The lowest BCUT2D eigenvalue weighted by atomic mass is 10.2. The van der Waals surface area contributed by atoms with Crippen LogP contribution in [0.3, 0.4) is 0 Å². The first-order chi connectivity index (χ1) is 16.2. The second kappa shape index (κ2) is 11.2. The van der Waals surface area contributed by atoms with Crippen LogP contribution in [0, 0.1) is 0 Å². The molecule has 3 aromatic carbocycles. The highest BCUT2D eigenvalue weighted by molar-refractivity contribution is 9.10. The molecule has 0 atom stereocenters. The third kappa shape index (κ3) is 6.15. The molecular formula is C24H25BrN4O4S. The number of para-hydroxylation sites is 1. The minimum Gasteiger partial charge on any atom is -0.497 e. The Balaban J connectivity index is 1.78. The highest BCUT2D eigenvalue weighted by atomic mass is 79.9. The van der Waals surface area contributed by atoms with E-state index in [2.05, 4.69) is 26.5 Å². The van der Waals surface area contributed by atoms with Crippen LogP contribution in [0.25, 0.3) is 0 Å². The summed E-state index contributed by atoms with van der Waals surface area (Å²) in [6.07, 6.45) is 1.49. The monoisotopic (exact) mass is 544 g/mol. The van der Waals surface area contributed by atoms with Crippen molar-refractivity contribution in [3.8, 4) is 5.75 Å². The molecule has 1 amide bonds. The van der Waals surface area contributed by atoms with E-state index in [0.29, 0.717) is 11.4 Å². The molecule has 0 aliphatic heterocycles. The van der Waals surface area contributed by atoms with Crippen LogP contribution in [0.2, 0.25) is 0 Å². The van der Waals surface area contributed by atoms with Gasteiger partial charge in [0, 0.05) is 18.6 Å². The van der Waals surface area contributed by atoms with Gasteiger partial charge in [-0.2, -0.15) is 5.10 Å². The molecule has 178 valence electrons. The maximum absolute atomic E-state index is 13.3. The van der Waals surface area contributed by atoms with Crippen LogP contribution in [-0.4, -0.2) is 48.3 Å². The molecule has 3 rings (SSSR count). The van der Waals surface area contributed by atoms with Crippen molar-refractivity contribution in [2.45, 2.75) is 4.90 Å². The fraction of sp³-hybridized carbons (Fsp3) is 0.167. The molecule has 0 aromatic heterocycles. The zero-order valence-electron chi connectivity index (χ0n) is 19.0. The molecule has 0 radical (unpaired) electrons. The molecule has 0 saturated carbocycles. The van der Waals surface area contributed by atoms with Gasteiger partial charge in [-0.05, 0) is 70.0 Å². The van der Waals surface area contributed by atoms with E-state index in [4.69, 9.17) is 4.74 Å². The van der Waals surface area contributed by atoms with Crippen molar-refractivity contribution in [2.75, 3.05) is 37.0 Å². The molecule has 0 aliphatic rings. The number of nitrogens with zero attached hydrogens (tertiary/aromatic N) is 3. The van der Waals surface area contributed by atoms with Crippen molar-refractivity contribution in [2.24, 2.45) is 5.10 Å². The Bertz CT molecular complexity index is 1260. The number of sulfonamides is 1. The molecule has 0 fully saturated rings. The molecule has 0 aliphatic carbocycles. The number of carbonyl (C=O) groups is 1. The number of amides is 1. The third-order valence-corrected chi connectivity index (χ3v) is 7.26. The smallest absolute Gasteiger partial charge is 0.264 e. The highest BCUT2D eigenvalue weighted by Crippen LogP contribution is 2.26. The van der Waals surface area contributed by atoms with Gasteiger partial charge in [0.1, 0.15) is 12.3 Å². The summed E-state index contributed by atoms with van der Waals surface area (Å²) in [5, 5.41) is 3.98. The maximum atomic E-state index is 13.3. The predicted octanol–water partition coefficient (Wildman–Crippen LogP) is 3.87. The first-order valence-electron chi connectivity index (χ1n) is 10.2. The number of hydrogen-bond donors (Lipinski definition) is 1. The second-order valence-electron chi connectivity index (χ2n) is 7.42. The van der Waals surface area contributed by atoms with E-state index in [-0.39, 0.29) is 4.90 Å². The van der Waals surface area contributed by atoms with Crippen molar-refractivity contribution in [1.29, 1.82) is 0 Å². The number of anilines is 2. The van der Waals surface area contributed by atoms with E-state index >= 15 is 0 Å². The maximum Gasteiger partial charge on any atom is 0.264 e. The van der Waals surface area contributed by atoms with Gasteiger partial charge < -0.3 is 9.64 Å². The molecule has 0 unspecified atom stereocenters. The first kappa shape index (κ1) is 25.3. The lowest BCUT2D eigenvalue weighted by Crippen LogP contribution is -2.39. The lowest BCUT2D eigenvalue weighted by Gasteiger charge is -2.23. The summed E-state index contributed by atoms with van der Waals surface area (Å²) >= 11 is 3.51. The van der Waals surface area contributed by atoms with Gasteiger partial charge in [-0.15, -0.1) is 0 Å². The van der Waals surface area contributed by atoms with Crippen molar-refractivity contribution in [1.82, 2.24) is 5.43 Å². The van der Waals surface area contributed by atoms with Gasteiger partial charge in [0.15, 0.2) is 0 Å². The Hall–Kier alpha value is -3.37. The van der Waals surface area contributed by atoms with Crippen LogP contribution in [0.15, 0.2) is 87.3 Å². The van der Waals surface area contributed by atoms with Gasteiger partial charge in [0.25, 0.3) is 15.9 Å². The average Bonchev–Trinajstić information content (AvgIpc) is 2.83. The summed E-state index contributed by atoms with van der Waals surface area (Å²) in [5.41, 5.74) is 4.54. The van der Waals surface area contributed by atoms with E-state index in [9.17, 15) is 13.2 Å². The number of benzene rings is 3. The van der Waals surface area contributed by atoms with Gasteiger partial charge in [0.05, 0.1) is 29.6 Å². The normalized spacial score (nSPS) is 11.3. The Kier molecular flexibility index (Phi) is 8.30. The van der Waals surface area contributed by atoms with E-state index in [1.807, 2.05) is 37.2 Å². The molecule has 3 aromatic rings. The quantitative estimate of drug-likeness (QED) is 0.326. The topological polar surface area (TPSA) is 91.3 Å². The largest absolute Gasteiger partial charge is 0.497 e. The van der Waals surface area contributed by atoms with Crippen molar-refractivity contribution in [3.63, 3.8) is 0 Å². The minimum absolute atomic E-state index is 0.0410. The average molecular weight is 545 g/mol. The fourth-order valence-corrected chi connectivity index (χ4v) is 5.27. The second-order valence-corrected chi connectivity index (χ2v) is 10.1. The van der Waals surface area contributed by atoms with Crippen LogP contribution in [-0.2, 0) is 14.8 Å². The van der Waals surface area contributed by atoms with Crippen LogP contribution in [0.1, 0.15) is 5.56 Å². The number of rotatable bonds is 9. The van der Waals surface area contributed by atoms with Gasteiger partial charge in [0.2, 0.25) is 0 Å². The molecule has 34 heavy (non-hydrogen) atoms. The minimum atomic E-state index is -4.02. The SMILES string of the molecule is COc1ccc(S(=O)(=O)N(CC(=O)N/N=C\c2ccc(N(C)C)c(Br)c2)c2ccccc2)cc1. The summed E-state index contributed by atoms with van der Waals surface area (Å²) in [6.45, 7) is -0.445. The number of hydrazone groups is 1. The van der Waals surface area contributed by atoms with Crippen LogP contribution < -0.4 is 19.4 Å². The number of carbonyl (C=O) groups excluding carboxylic acids is 1. The molecule has 0 bridgehead atoms. The first-order valence-corrected chi connectivity index (χ1v) is 12.5. The Labute approximate surface area is 208 Å². The zero-order chi connectivity index (χ0) is 24.7. The van der Waals surface area contributed by atoms with E-state index in [0.717, 1.165) is 20.0 Å². The number of methoxy groups -OCH3 is 1. The molecule has 0 saturated heterocycles. The summed E-state index contributed by atoms with van der Waals surface area (Å²) in [7, 11) is 1.36. The van der Waals surface area contributed by atoms with E-state index < -0.39 is 22.5 Å². The van der Waals surface area contributed by atoms with Crippen molar-refractivity contribution in [3.05, 3.63) is 82.8 Å². The molecule has 8 nitrogen and oxygen atoms in total. The van der Waals surface area contributed by atoms with Gasteiger partial charge in [-0.1, -0.05) is 24.3 Å². The lowest BCUT2D eigenvalue weighted by molar-refractivity contribution is -0.119. The Morgan fingerprint density at radius 3 is 2.32 bits per heavy atom. The molecule has 10 heteroatoms. The molecule has 0 spiro atoms. The summed E-state index contributed by atoms with van der Waals surface area (Å²) in [6, 6.07) is 20.1. The van der Waals surface area contributed by atoms with Gasteiger partial charge in [-0.25, -0.2) is 13.8 Å². The number of nitrogens with one attached hydrogen (secondary N) is 1. The van der Waals surface area contributed by atoms with E-state index in [1.165, 1.54) is 25.5 Å². The van der Waals surface area contributed by atoms with Crippen molar-refractivity contribution >= 4 is 49.4 Å². The number of hydrogen-bond acceptors (Lipinski definition) is 6. The van der Waals surface area contributed by atoms with Gasteiger partial charge in [-0.3, -0.25) is 9.10 Å². The van der Waals surface area contributed by atoms with E-state index in [1.54, 1.807) is 42.5 Å². The number of halogens is 1. The summed E-state index contributed by atoms with van der Waals surface area (Å²) in [4.78, 5) is 14.6. The highest BCUT2D eigenvalue weighted by Gasteiger charge is 2.27. The van der Waals surface area contributed by atoms with Gasteiger partial charge >= 0.3 is 0 Å². The fourth-order valence-electron chi connectivity index (χ4n) is 3.09. The Morgan fingerprint density at radius 2 is 1.74 bits per heavy atom. The number of ether oxygens (including phenoxy) is 1. The summed E-state index contributed by atoms with van der Waals surface area (Å²) in [5.74, 6) is -0.0521. The molecule has 1 N–H and O–H groups in total. The molecular weight excluding hydrogens is 520 g/mol. The Morgan fingerprint density at radius 1 is 1.06 bits per heavy atom. The van der Waals surface area contributed by atoms with Crippen LogP contribution >= 0.6 is 15.9 Å². The van der Waals surface area contributed by atoms with Crippen LogP contribution in [0.4, 0.5) is 11.4 Å². The molecule has 0 heterocycles. The van der Waals surface area contributed by atoms with Crippen molar-refractivity contribution < 1.29 is 17.9 Å². The van der Waals surface area contributed by atoms with Crippen LogP contribution in [0.5, 0.6) is 5.75 Å². The summed E-state index contributed by atoms with van der Waals surface area (Å²) < 4.78 is 33.7. The predicted molar refractivity (Wildman–Crippen MR) is 138 cm³/mol. The third-order valence-electron chi connectivity index (χ3n) is 4.84. The zero-order valence-corrected chi connectivity index (χ0v) is 21.4.